The summed E-state index contributed by atoms with van der Waals surface area (Å²) in [7, 11) is 1.79. The van der Waals surface area contributed by atoms with Gasteiger partial charge in [-0.2, -0.15) is 0 Å². The Balaban J connectivity index is 2.13. The summed E-state index contributed by atoms with van der Waals surface area (Å²) in [5, 5.41) is 3.31. The number of hydrogen-bond acceptors (Lipinski definition) is 2. The van der Waals surface area contributed by atoms with Gasteiger partial charge in [0, 0.05) is 31.6 Å². The molecule has 3 nitrogen and oxygen atoms in total. The number of fused-ring (bicyclic) bond motifs is 1. The molecule has 0 bridgehead atoms. The topological polar surface area (TPSA) is 29.9 Å². The standard InChI is InChI=1S/C13H15F2N3/c1-18-12-10(15)5-9(14)6-11(12)17-13(18)8-3-2-4-16-7-8/h5-6,8,16H,2-4,7H2,1H3. The van der Waals surface area contributed by atoms with Crippen LogP contribution < -0.4 is 5.32 Å². The molecule has 1 N–H and O–H groups in total. The fourth-order valence-electron chi connectivity index (χ4n) is 2.72. The fraction of sp³-hybridized carbons (Fsp3) is 0.462. The van der Waals surface area contributed by atoms with Crippen molar-refractivity contribution >= 4 is 11.0 Å². The van der Waals surface area contributed by atoms with Crippen LogP contribution in [-0.2, 0) is 7.05 Å². The molecule has 0 radical (unpaired) electrons. The van der Waals surface area contributed by atoms with Gasteiger partial charge in [0.2, 0.25) is 0 Å². The van der Waals surface area contributed by atoms with Crippen molar-refractivity contribution in [3.05, 3.63) is 29.6 Å². The Kier molecular flexibility index (Phi) is 2.78. The second-order valence-corrected chi connectivity index (χ2v) is 4.83. The Hall–Kier alpha value is -1.49. The smallest absolute Gasteiger partial charge is 0.152 e. The first-order chi connectivity index (χ1) is 8.66. The average molecular weight is 251 g/mol. The Bertz CT molecular complexity index is 585. The lowest BCUT2D eigenvalue weighted by molar-refractivity contribution is 0.440. The first kappa shape index (κ1) is 11.6. The van der Waals surface area contributed by atoms with Gasteiger partial charge in [0.05, 0.1) is 5.52 Å². The summed E-state index contributed by atoms with van der Waals surface area (Å²) in [6.45, 7) is 1.87. The molecule has 1 fully saturated rings. The van der Waals surface area contributed by atoms with Crippen LogP contribution in [0.3, 0.4) is 0 Å². The van der Waals surface area contributed by atoms with Crippen molar-refractivity contribution in [2.45, 2.75) is 18.8 Å². The Morgan fingerprint density at radius 1 is 1.39 bits per heavy atom. The molecule has 1 saturated heterocycles. The van der Waals surface area contributed by atoms with Crippen molar-refractivity contribution in [3.8, 4) is 0 Å². The molecule has 2 aromatic rings. The van der Waals surface area contributed by atoms with E-state index < -0.39 is 11.6 Å². The van der Waals surface area contributed by atoms with Crippen LogP contribution in [0.1, 0.15) is 24.6 Å². The van der Waals surface area contributed by atoms with E-state index in [-0.39, 0.29) is 5.92 Å². The highest BCUT2D eigenvalue weighted by Crippen LogP contribution is 2.27. The van der Waals surface area contributed by atoms with E-state index in [4.69, 9.17) is 0 Å². The van der Waals surface area contributed by atoms with Gasteiger partial charge >= 0.3 is 0 Å². The second-order valence-electron chi connectivity index (χ2n) is 4.83. The zero-order valence-electron chi connectivity index (χ0n) is 10.2. The summed E-state index contributed by atoms with van der Waals surface area (Å²) in [6, 6.07) is 2.20. The van der Waals surface area contributed by atoms with Crippen LogP contribution in [0.4, 0.5) is 8.78 Å². The normalized spacial score (nSPS) is 20.5. The van der Waals surface area contributed by atoms with Crippen LogP contribution in [0.15, 0.2) is 12.1 Å². The summed E-state index contributed by atoms with van der Waals surface area (Å²) in [6.07, 6.45) is 2.12. The van der Waals surface area contributed by atoms with Crippen LogP contribution in [-0.4, -0.2) is 22.6 Å². The minimum absolute atomic E-state index is 0.276. The van der Waals surface area contributed by atoms with E-state index >= 15 is 0 Å². The molecule has 0 spiro atoms. The van der Waals surface area contributed by atoms with Gasteiger partial charge in [0.15, 0.2) is 5.82 Å². The highest BCUT2D eigenvalue weighted by molar-refractivity contribution is 5.76. The third kappa shape index (κ3) is 1.79. The molecule has 1 atom stereocenters. The maximum atomic E-state index is 13.8. The number of nitrogens with zero attached hydrogens (tertiary/aromatic N) is 2. The van der Waals surface area contributed by atoms with Crippen LogP contribution >= 0.6 is 0 Å². The molecule has 1 aliphatic heterocycles. The number of aromatic nitrogens is 2. The van der Waals surface area contributed by atoms with Crippen LogP contribution in [0.2, 0.25) is 0 Å². The van der Waals surface area contributed by atoms with E-state index in [1.807, 2.05) is 0 Å². The summed E-state index contributed by atoms with van der Waals surface area (Å²) >= 11 is 0. The van der Waals surface area contributed by atoms with E-state index in [1.165, 1.54) is 6.07 Å². The van der Waals surface area contributed by atoms with Crippen molar-refractivity contribution in [1.82, 2.24) is 14.9 Å². The SMILES string of the molecule is Cn1c(C2CCCNC2)nc2cc(F)cc(F)c21. The maximum absolute atomic E-state index is 13.8. The number of hydrogen-bond donors (Lipinski definition) is 1. The number of nitrogens with one attached hydrogen (secondary N) is 1. The summed E-state index contributed by atoms with van der Waals surface area (Å²) in [5.41, 5.74) is 0.785. The number of piperidine rings is 1. The zero-order valence-corrected chi connectivity index (χ0v) is 10.2. The van der Waals surface area contributed by atoms with Crippen molar-refractivity contribution in [3.63, 3.8) is 0 Å². The van der Waals surface area contributed by atoms with Gasteiger partial charge in [0.25, 0.3) is 0 Å². The molecular weight excluding hydrogens is 236 g/mol. The third-order valence-electron chi connectivity index (χ3n) is 3.58. The van der Waals surface area contributed by atoms with Crippen molar-refractivity contribution < 1.29 is 8.78 Å². The number of benzene rings is 1. The number of aryl methyl sites for hydroxylation is 1. The summed E-state index contributed by atoms with van der Waals surface area (Å²) in [5.74, 6) is -0.0123. The van der Waals surface area contributed by atoms with Gasteiger partial charge in [0.1, 0.15) is 17.2 Å². The van der Waals surface area contributed by atoms with Crippen LogP contribution in [0, 0.1) is 11.6 Å². The summed E-state index contributed by atoms with van der Waals surface area (Å²) in [4.78, 5) is 4.40. The fourth-order valence-corrected chi connectivity index (χ4v) is 2.72. The third-order valence-corrected chi connectivity index (χ3v) is 3.58. The first-order valence-electron chi connectivity index (χ1n) is 6.19. The molecule has 5 heteroatoms. The largest absolute Gasteiger partial charge is 0.328 e. The second kappa shape index (κ2) is 4.31. The molecule has 1 unspecified atom stereocenters. The van der Waals surface area contributed by atoms with Gasteiger partial charge in [-0.05, 0) is 19.4 Å². The van der Waals surface area contributed by atoms with Gasteiger partial charge < -0.3 is 9.88 Å². The Morgan fingerprint density at radius 2 is 2.22 bits per heavy atom. The van der Waals surface area contributed by atoms with Crippen LogP contribution in [0.5, 0.6) is 0 Å². The van der Waals surface area contributed by atoms with E-state index in [0.717, 1.165) is 37.8 Å². The molecular formula is C13H15F2N3. The van der Waals surface area contributed by atoms with Crippen LogP contribution in [0.25, 0.3) is 11.0 Å². The lowest BCUT2D eigenvalue weighted by Crippen LogP contribution is -2.29. The lowest BCUT2D eigenvalue weighted by Gasteiger charge is -2.22. The van der Waals surface area contributed by atoms with E-state index in [1.54, 1.807) is 11.6 Å². The van der Waals surface area contributed by atoms with Crippen molar-refractivity contribution in [1.29, 1.82) is 0 Å². The van der Waals surface area contributed by atoms with Crippen molar-refractivity contribution in [2.24, 2.45) is 7.05 Å². The molecule has 0 saturated carbocycles. The average Bonchev–Trinajstić information content (AvgIpc) is 2.67. The quantitative estimate of drug-likeness (QED) is 0.843. The minimum atomic E-state index is -0.577. The molecule has 18 heavy (non-hydrogen) atoms. The molecule has 2 heterocycles. The first-order valence-corrected chi connectivity index (χ1v) is 6.19. The highest BCUT2D eigenvalue weighted by Gasteiger charge is 2.22. The van der Waals surface area contributed by atoms with E-state index in [9.17, 15) is 8.78 Å². The molecule has 96 valence electrons. The monoisotopic (exact) mass is 251 g/mol. The predicted octanol–water partition coefficient (Wildman–Crippen LogP) is 2.32. The highest BCUT2D eigenvalue weighted by atomic mass is 19.1. The molecule has 1 aromatic heterocycles. The number of rotatable bonds is 1. The van der Waals surface area contributed by atoms with E-state index in [2.05, 4.69) is 10.3 Å². The van der Waals surface area contributed by atoms with Gasteiger partial charge in [-0.1, -0.05) is 0 Å². The van der Waals surface area contributed by atoms with Gasteiger partial charge in [-0.3, -0.25) is 0 Å². The molecule has 1 aromatic carbocycles. The molecule has 1 aliphatic rings. The van der Waals surface area contributed by atoms with E-state index in [0.29, 0.717) is 11.0 Å². The Labute approximate surface area is 104 Å². The Morgan fingerprint density at radius 3 is 2.94 bits per heavy atom. The summed E-state index contributed by atoms with van der Waals surface area (Å²) < 4.78 is 28.7. The lowest BCUT2D eigenvalue weighted by atomic mass is 9.99. The minimum Gasteiger partial charge on any atom is -0.328 e. The molecule has 3 rings (SSSR count). The zero-order chi connectivity index (χ0) is 12.7. The molecule has 0 amide bonds. The number of halogens is 2. The molecule has 0 aliphatic carbocycles. The van der Waals surface area contributed by atoms with Gasteiger partial charge in [-0.25, -0.2) is 13.8 Å². The maximum Gasteiger partial charge on any atom is 0.152 e. The van der Waals surface area contributed by atoms with Crippen molar-refractivity contribution in [2.75, 3.05) is 13.1 Å². The predicted molar refractivity (Wildman–Crippen MR) is 65.5 cm³/mol. The number of imidazole rings is 1. The van der Waals surface area contributed by atoms with Gasteiger partial charge in [-0.15, -0.1) is 0 Å².